The molecule has 100 valence electrons. The molecule has 1 atom stereocenters. The number of rotatable bonds is 4. The van der Waals surface area contributed by atoms with E-state index in [9.17, 15) is 0 Å². The van der Waals surface area contributed by atoms with Crippen molar-refractivity contribution >= 4 is 17.3 Å². The van der Waals surface area contributed by atoms with Crippen LogP contribution >= 0.6 is 11.6 Å². The molecule has 0 aromatic heterocycles. The number of anilines is 1. The summed E-state index contributed by atoms with van der Waals surface area (Å²) in [4.78, 5) is 2.20. The van der Waals surface area contributed by atoms with Crippen LogP contribution in [0.1, 0.15) is 24.1 Å². The molecule has 0 aliphatic rings. The SMILES string of the molecule is C[C@H](N)c1ccc(N(C)Cc2ccc(Cl)cc2)cc1. The van der Waals surface area contributed by atoms with Gasteiger partial charge < -0.3 is 10.6 Å². The zero-order chi connectivity index (χ0) is 13.8. The molecule has 2 aromatic carbocycles. The summed E-state index contributed by atoms with van der Waals surface area (Å²) in [5.74, 6) is 0. The van der Waals surface area contributed by atoms with Gasteiger partial charge in [-0.05, 0) is 42.3 Å². The van der Waals surface area contributed by atoms with E-state index in [1.807, 2.05) is 19.1 Å². The van der Waals surface area contributed by atoms with Crippen LogP contribution in [0.15, 0.2) is 48.5 Å². The average Bonchev–Trinajstić information content (AvgIpc) is 2.41. The second kappa shape index (κ2) is 6.09. The molecule has 0 aliphatic carbocycles. The highest BCUT2D eigenvalue weighted by molar-refractivity contribution is 6.30. The largest absolute Gasteiger partial charge is 0.370 e. The molecule has 0 unspecified atom stereocenters. The normalized spacial score (nSPS) is 12.2. The van der Waals surface area contributed by atoms with E-state index in [2.05, 4.69) is 48.3 Å². The molecule has 0 saturated heterocycles. The average molecular weight is 275 g/mol. The summed E-state index contributed by atoms with van der Waals surface area (Å²) < 4.78 is 0. The number of benzene rings is 2. The molecule has 19 heavy (non-hydrogen) atoms. The third kappa shape index (κ3) is 3.72. The number of hydrogen-bond donors (Lipinski definition) is 1. The van der Waals surface area contributed by atoms with E-state index in [1.54, 1.807) is 0 Å². The van der Waals surface area contributed by atoms with Gasteiger partial charge in [0.05, 0.1) is 0 Å². The van der Waals surface area contributed by atoms with Gasteiger partial charge in [0.25, 0.3) is 0 Å². The van der Waals surface area contributed by atoms with E-state index in [0.29, 0.717) is 0 Å². The monoisotopic (exact) mass is 274 g/mol. The van der Waals surface area contributed by atoms with Crippen LogP contribution in [-0.4, -0.2) is 7.05 Å². The van der Waals surface area contributed by atoms with Crippen LogP contribution in [0.25, 0.3) is 0 Å². The van der Waals surface area contributed by atoms with Crippen LogP contribution in [0.5, 0.6) is 0 Å². The van der Waals surface area contributed by atoms with Crippen molar-refractivity contribution < 1.29 is 0 Å². The van der Waals surface area contributed by atoms with Gasteiger partial charge in [0.2, 0.25) is 0 Å². The quantitative estimate of drug-likeness (QED) is 0.913. The van der Waals surface area contributed by atoms with E-state index in [4.69, 9.17) is 17.3 Å². The second-order valence-electron chi connectivity index (χ2n) is 4.86. The summed E-state index contributed by atoms with van der Waals surface area (Å²) in [6.45, 7) is 2.85. The Morgan fingerprint density at radius 2 is 1.63 bits per heavy atom. The first-order chi connectivity index (χ1) is 9.06. The van der Waals surface area contributed by atoms with Crippen molar-refractivity contribution in [3.8, 4) is 0 Å². The highest BCUT2D eigenvalue weighted by atomic mass is 35.5. The number of nitrogens with zero attached hydrogens (tertiary/aromatic N) is 1. The molecule has 0 amide bonds. The van der Waals surface area contributed by atoms with Crippen LogP contribution in [0.3, 0.4) is 0 Å². The van der Waals surface area contributed by atoms with Crippen LogP contribution in [-0.2, 0) is 6.54 Å². The Morgan fingerprint density at radius 3 is 2.16 bits per heavy atom. The maximum Gasteiger partial charge on any atom is 0.0426 e. The zero-order valence-corrected chi connectivity index (χ0v) is 12.1. The van der Waals surface area contributed by atoms with E-state index < -0.39 is 0 Å². The summed E-state index contributed by atoms with van der Waals surface area (Å²) in [7, 11) is 2.08. The minimum Gasteiger partial charge on any atom is -0.370 e. The molecule has 2 aromatic rings. The predicted octanol–water partition coefficient (Wildman–Crippen LogP) is 4.00. The van der Waals surface area contributed by atoms with E-state index in [1.165, 1.54) is 11.3 Å². The number of halogens is 1. The summed E-state index contributed by atoms with van der Waals surface area (Å²) >= 11 is 5.89. The number of hydrogen-bond acceptors (Lipinski definition) is 2. The van der Waals surface area contributed by atoms with Crippen molar-refractivity contribution in [2.75, 3.05) is 11.9 Å². The van der Waals surface area contributed by atoms with E-state index in [0.717, 1.165) is 17.1 Å². The third-order valence-corrected chi connectivity index (χ3v) is 3.44. The Bertz CT molecular complexity index is 517. The fourth-order valence-corrected chi connectivity index (χ4v) is 2.11. The molecule has 2 rings (SSSR count). The summed E-state index contributed by atoms with van der Waals surface area (Å²) in [6, 6.07) is 16.4. The Labute approximate surface area is 119 Å². The maximum absolute atomic E-state index is 5.89. The lowest BCUT2D eigenvalue weighted by Gasteiger charge is -2.20. The van der Waals surface area contributed by atoms with E-state index >= 15 is 0 Å². The lowest BCUT2D eigenvalue weighted by Crippen LogP contribution is -2.16. The fourth-order valence-electron chi connectivity index (χ4n) is 1.99. The topological polar surface area (TPSA) is 29.3 Å². The van der Waals surface area contributed by atoms with Gasteiger partial charge >= 0.3 is 0 Å². The van der Waals surface area contributed by atoms with Crippen LogP contribution in [0.2, 0.25) is 5.02 Å². The van der Waals surface area contributed by atoms with Gasteiger partial charge in [-0.25, -0.2) is 0 Å². The summed E-state index contributed by atoms with van der Waals surface area (Å²) in [6.07, 6.45) is 0. The van der Waals surface area contributed by atoms with Gasteiger partial charge in [-0.3, -0.25) is 0 Å². The molecule has 3 heteroatoms. The standard InChI is InChI=1S/C16H19ClN2/c1-12(18)14-5-9-16(10-6-14)19(2)11-13-3-7-15(17)8-4-13/h3-10,12H,11,18H2,1-2H3/t12-/m0/s1. The zero-order valence-electron chi connectivity index (χ0n) is 11.3. The Kier molecular flexibility index (Phi) is 4.46. The molecule has 0 spiro atoms. The van der Waals surface area contributed by atoms with Crippen molar-refractivity contribution in [3.63, 3.8) is 0 Å². The van der Waals surface area contributed by atoms with Crippen molar-refractivity contribution in [3.05, 3.63) is 64.7 Å². The van der Waals surface area contributed by atoms with Gasteiger partial charge in [-0.1, -0.05) is 35.9 Å². The molecule has 2 nitrogen and oxygen atoms in total. The Balaban J connectivity index is 2.07. The van der Waals surface area contributed by atoms with Gasteiger partial charge in [-0.2, -0.15) is 0 Å². The highest BCUT2D eigenvalue weighted by Crippen LogP contribution is 2.19. The molecule has 0 aliphatic heterocycles. The van der Waals surface area contributed by atoms with Crippen molar-refractivity contribution in [2.24, 2.45) is 5.73 Å². The van der Waals surface area contributed by atoms with Crippen LogP contribution in [0, 0.1) is 0 Å². The van der Waals surface area contributed by atoms with Gasteiger partial charge in [0.1, 0.15) is 0 Å². The molecular formula is C16H19ClN2. The lowest BCUT2D eigenvalue weighted by atomic mass is 10.1. The fraction of sp³-hybridized carbons (Fsp3) is 0.250. The number of nitrogens with two attached hydrogens (primary N) is 1. The summed E-state index contributed by atoms with van der Waals surface area (Å²) in [5.41, 5.74) is 9.43. The van der Waals surface area contributed by atoms with Crippen LogP contribution in [0.4, 0.5) is 5.69 Å². The smallest absolute Gasteiger partial charge is 0.0426 e. The van der Waals surface area contributed by atoms with Gasteiger partial charge in [0, 0.05) is 30.3 Å². The molecule has 0 fully saturated rings. The van der Waals surface area contributed by atoms with Gasteiger partial charge in [0.15, 0.2) is 0 Å². The first kappa shape index (κ1) is 13.9. The molecule has 0 bridgehead atoms. The van der Waals surface area contributed by atoms with Crippen molar-refractivity contribution in [2.45, 2.75) is 19.5 Å². The molecule has 0 heterocycles. The highest BCUT2D eigenvalue weighted by Gasteiger charge is 2.04. The first-order valence-electron chi connectivity index (χ1n) is 6.37. The predicted molar refractivity (Wildman–Crippen MR) is 82.6 cm³/mol. The summed E-state index contributed by atoms with van der Waals surface area (Å²) in [5, 5.41) is 0.771. The minimum absolute atomic E-state index is 0.0793. The van der Waals surface area contributed by atoms with Gasteiger partial charge in [-0.15, -0.1) is 0 Å². The molecule has 2 N–H and O–H groups in total. The third-order valence-electron chi connectivity index (χ3n) is 3.19. The van der Waals surface area contributed by atoms with Crippen molar-refractivity contribution in [1.82, 2.24) is 0 Å². The van der Waals surface area contributed by atoms with E-state index in [-0.39, 0.29) is 6.04 Å². The lowest BCUT2D eigenvalue weighted by molar-refractivity contribution is 0.817. The van der Waals surface area contributed by atoms with Crippen LogP contribution < -0.4 is 10.6 Å². The Morgan fingerprint density at radius 1 is 1.05 bits per heavy atom. The van der Waals surface area contributed by atoms with Crippen molar-refractivity contribution in [1.29, 1.82) is 0 Å². The molecule has 0 saturated carbocycles. The maximum atomic E-state index is 5.89. The molecular weight excluding hydrogens is 256 g/mol. The second-order valence-corrected chi connectivity index (χ2v) is 5.30. The Hall–Kier alpha value is -1.51. The minimum atomic E-state index is 0.0793. The molecule has 0 radical (unpaired) electrons. The first-order valence-corrected chi connectivity index (χ1v) is 6.75.